The summed E-state index contributed by atoms with van der Waals surface area (Å²) in [4.78, 5) is 10.7. The zero-order chi connectivity index (χ0) is 24.9. The second-order valence-corrected chi connectivity index (χ2v) is 14.3. The van der Waals surface area contributed by atoms with Crippen LogP contribution in [-0.4, -0.2) is 9.97 Å². The molecule has 4 aliphatic carbocycles. The summed E-state index contributed by atoms with van der Waals surface area (Å²) in [6.45, 7) is 19.4. The number of aryl methyl sites for hydroxylation is 1. The van der Waals surface area contributed by atoms with Crippen LogP contribution in [0.25, 0.3) is 0 Å². The van der Waals surface area contributed by atoms with Gasteiger partial charge in [-0.2, -0.15) is 0 Å². The van der Waals surface area contributed by atoms with Gasteiger partial charge >= 0.3 is 0 Å². The van der Waals surface area contributed by atoms with Gasteiger partial charge in [0.1, 0.15) is 0 Å². The van der Waals surface area contributed by atoms with E-state index in [2.05, 4.69) is 55.4 Å². The predicted molar refractivity (Wildman–Crippen MR) is 146 cm³/mol. The molecular weight excluding hydrogens is 424 g/mol. The van der Waals surface area contributed by atoms with Crippen LogP contribution in [0.4, 0.5) is 0 Å². The highest BCUT2D eigenvalue weighted by molar-refractivity contribution is 5.50. The average molecular weight is 471 g/mol. The highest BCUT2D eigenvalue weighted by Gasteiger charge is 2.46. The standard InChI is InChI=1S/C33H46N2/c1-18-12-15-24-28(20(3)30(21-13-14-21)35-29(18)24)33(7,8)17-22-16-25(22)31-19(2)27(32(4,5)6)23-10-9-11-26(23)34-31/h18,21-22,25H,9-17H2,1-8H3. The Balaban J connectivity index is 1.33. The van der Waals surface area contributed by atoms with E-state index in [9.17, 15) is 0 Å². The average Bonchev–Trinajstić information content (AvgIpc) is 3.66. The molecule has 2 nitrogen and oxygen atoms in total. The Hall–Kier alpha value is -1.70. The predicted octanol–water partition coefficient (Wildman–Crippen LogP) is 8.28. The summed E-state index contributed by atoms with van der Waals surface area (Å²) < 4.78 is 0. The fraction of sp³-hybridized carbons (Fsp3) is 0.697. The summed E-state index contributed by atoms with van der Waals surface area (Å²) in [6, 6.07) is 0. The first-order valence-electron chi connectivity index (χ1n) is 14.5. The smallest absolute Gasteiger partial charge is 0.0473 e. The van der Waals surface area contributed by atoms with Gasteiger partial charge in [0, 0.05) is 34.6 Å². The molecule has 35 heavy (non-hydrogen) atoms. The van der Waals surface area contributed by atoms with E-state index in [1.54, 1.807) is 22.3 Å². The third kappa shape index (κ3) is 3.89. The van der Waals surface area contributed by atoms with Crippen LogP contribution in [0.3, 0.4) is 0 Å². The van der Waals surface area contributed by atoms with E-state index in [0.717, 1.165) is 11.8 Å². The SMILES string of the molecule is Cc1c(C2CC2CC(C)(C)c2c(C)c(C3CC3)nc3c2CCC3C)nc2c(c1C(C)(C)C)CCC2. The van der Waals surface area contributed by atoms with Crippen molar-refractivity contribution in [3.8, 4) is 0 Å². The molecule has 2 saturated carbocycles. The lowest BCUT2D eigenvalue weighted by molar-refractivity contribution is 0.435. The molecule has 0 N–H and O–H groups in total. The molecule has 0 saturated heterocycles. The van der Waals surface area contributed by atoms with Gasteiger partial charge in [-0.05, 0) is 128 Å². The Morgan fingerprint density at radius 2 is 1.49 bits per heavy atom. The largest absolute Gasteiger partial charge is 0.257 e. The van der Waals surface area contributed by atoms with Crippen molar-refractivity contribution in [3.05, 3.63) is 56.2 Å². The van der Waals surface area contributed by atoms with Crippen LogP contribution in [0, 0.1) is 19.8 Å². The summed E-state index contributed by atoms with van der Waals surface area (Å²) in [5.41, 5.74) is 15.7. The fourth-order valence-corrected chi connectivity index (χ4v) is 8.24. The van der Waals surface area contributed by atoms with Crippen molar-refractivity contribution in [2.45, 2.75) is 142 Å². The summed E-state index contributed by atoms with van der Waals surface area (Å²) >= 11 is 0. The number of hydrogen-bond donors (Lipinski definition) is 0. The van der Waals surface area contributed by atoms with Gasteiger partial charge in [-0.25, -0.2) is 0 Å². The number of hydrogen-bond acceptors (Lipinski definition) is 2. The molecule has 0 spiro atoms. The molecule has 2 aromatic rings. The maximum atomic E-state index is 5.36. The molecule has 0 aliphatic heterocycles. The first kappa shape index (κ1) is 23.7. The highest BCUT2D eigenvalue weighted by atomic mass is 14.8. The highest BCUT2D eigenvalue weighted by Crippen LogP contribution is 2.56. The van der Waals surface area contributed by atoms with Crippen LogP contribution >= 0.6 is 0 Å². The molecular formula is C33H46N2. The Morgan fingerprint density at radius 3 is 2.17 bits per heavy atom. The van der Waals surface area contributed by atoms with Crippen LogP contribution in [0.2, 0.25) is 0 Å². The van der Waals surface area contributed by atoms with Crippen molar-refractivity contribution in [1.82, 2.24) is 9.97 Å². The Kier molecular flexibility index (Phi) is 5.34. The number of nitrogens with zero attached hydrogens (tertiary/aromatic N) is 2. The van der Waals surface area contributed by atoms with Crippen LogP contribution in [-0.2, 0) is 30.1 Å². The minimum atomic E-state index is 0.196. The van der Waals surface area contributed by atoms with Crippen LogP contribution in [0.1, 0.15) is 154 Å². The monoisotopic (exact) mass is 470 g/mol. The van der Waals surface area contributed by atoms with Crippen molar-refractivity contribution in [1.29, 1.82) is 0 Å². The van der Waals surface area contributed by atoms with E-state index in [1.807, 2.05) is 0 Å². The molecule has 0 amide bonds. The molecule has 2 fully saturated rings. The first-order chi connectivity index (χ1) is 16.5. The molecule has 4 aliphatic rings. The lowest BCUT2D eigenvalue weighted by Crippen LogP contribution is -2.24. The molecule has 3 atom stereocenters. The minimum Gasteiger partial charge on any atom is -0.257 e. The summed E-state index contributed by atoms with van der Waals surface area (Å²) in [5.74, 6) is 2.76. The van der Waals surface area contributed by atoms with E-state index in [0.29, 0.717) is 11.8 Å². The fourth-order valence-electron chi connectivity index (χ4n) is 8.24. The van der Waals surface area contributed by atoms with Crippen molar-refractivity contribution in [2.75, 3.05) is 0 Å². The topological polar surface area (TPSA) is 25.8 Å². The van der Waals surface area contributed by atoms with E-state index in [4.69, 9.17) is 9.97 Å². The second-order valence-electron chi connectivity index (χ2n) is 14.3. The van der Waals surface area contributed by atoms with Gasteiger partial charge in [-0.3, -0.25) is 9.97 Å². The maximum absolute atomic E-state index is 5.36. The van der Waals surface area contributed by atoms with E-state index < -0.39 is 0 Å². The molecule has 2 heteroatoms. The summed E-state index contributed by atoms with van der Waals surface area (Å²) in [5, 5.41) is 0. The van der Waals surface area contributed by atoms with Crippen molar-refractivity contribution >= 4 is 0 Å². The molecule has 6 rings (SSSR count). The number of aromatic nitrogens is 2. The zero-order valence-corrected chi connectivity index (χ0v) is 23.6. The lowest BCUT2D eigenvalue weighted by atomic mass is 9.74. The Bertz CT molecular complexity index is 1190. The Morgan fingerprint density at radius 1 is 0.771 bits per heavy atom. The third-order valence-electron chi connectivity index (χ3n) is 9.85. The van der Waals surface area contributed by atoms with Crippen LogP contribution in [0.15, 0.2) is 0 Å². The number of pyridine rings is 2. The quantitative estimate of drug-likeness (QED) is 0.439. The zero-order valence-electron chi connectivity index (χ0n) is 23.6. The molecule has 0 radical (unpaired) electrons. The van der Waals surface area contributed by atoms with Gasteiger partial charge in [-0.1, -0.05) is 41.5 Å². The van der Waals surface area contributed by atoms with E-state index >= 15 is 0 Å². The normalized spacial score (nSPS) is 25.7. The van der Waals surface area contributed by atoms with Crippen LogP contribution in [0.5, 0.6) is 0 Å². The van der Waals surface area contributed by atoms with Gasteiger partial charge in [0.05, 0.1) is 0 Å². The van der Waals surface area contributed by atoms with Gasteiger partial charge < -0.3 is 0 Å². The van der Waals surface area contributed by atoms with Gasteiger partial charge in [0.15, 0.2) is 0 Å². The number of rotatable bonds is 5. The van der Waals surface area contributed by atoms with E-state index in [1.165, 1.54) is 91.7 Å². The molecule has 2 aromatic heterocycles. The molecule has 3 unspecified atom stereocenters. The lowest BCUT2D eigenvalue weighted by Gasteiger charge is -2.32. The maximum Gasteiger partial charge on any atom is 0.0473 e. The third-order valence-corrected chi connectivity index (χ3v) is 9.85. The van der Waals surface area contributed by atoms with Gasteiger partial charge in [0.2, 0.25) is 0 Å². The minimum absolute atomic E-state index is 0.196. The second kappa shape index (κ2) is 7.90. The first-order valence-corrected chi connectivity index (χ1v) is 14.5. The molecule has 0 aromatic carbocycles. The van der Waals surface area contributed by atoms with Crippen molar-refractivity contribution in [2.24, 2.45) is 5.92 Å². The van der Waals surface area contributed by atoms with Gasteiger partial charge in [0.25, 0.3) is 0 Å². The van der Waals surface area contributed by atoms with Gasteiger partial charge in [-0.15, -0.1) is 0 Å². The summed E-state index contributed by atoms with van der Waals surface area (Å²) in [6.07, 6.45) is 11.5. The van der Waals surface area contributed by atoms with Crippen molar-refractivity contribution in [3.63, 3.8) is 0 Å². The number of fused-ring (bicyclic) bond motifs is 2. The Labute approximate surface area is 213 Å². The van der Waals surface area contributed by atoms with Crippen LogP contribution < -0.4 is 0 Å². The van der Waals surface area contributed by atoms with E-state index in [-0.39, 0.29) is 10.8 Å². The van der Waals surface area contributed by atoms with Crippen molar-refractivity contribution < 1.29 is 0 Å². The molecule has 2 heterocycles. The molecule has 0 bridgehead atoms. The summed E-state index contributed by atoms with van der Waals surface area (Å²) in [7, 11) is 0. The molecule has 188 valence electrons.